The lowest BCUT2D eigenvalue weighted by atomic mass is 9.80. The second-order valence-corrected chi connectivity index (χ2v) is 9.17. The third kappa shape index (κ3) is 4.11. The van der Waals surface area contributed by atoms with Gasteiger partial charge in [-0.15, -0.1) is 10.2 Å². The standard InChI is InChI=1S/C19H28N6O5/c1-10(21-17(26)30-19(2,3)4)20-12-7-11(8-12)15-22-23-16(29-15)14-6-5-13-9-24(14)18(27)25(13)28/h11-14,28H,5-9H2,1-4H3,(H,20,21,26)/t11?,12?,13-,14+/m1/s1. The number of fused-ring (bicyclic) bond motifs is 2. The maximum Gasteiger partial charge on any atom is 0.413 e. The molecular formula is C19H28N6O5. The quantitative estimate of drug-likeness (QED) is 0.436. The molecule has 4 rings (SSSR count). The van der Waals surface area contributed by atoms with E-state index >= 15 is 0 Å². The number of nitrogens with one attached hydrogen (secondary N) is 1. The third-order valence-electron chi connectivity index (χ3n) is 5.61. The molecule has 30 heavy (non-hydrogen) atoms. The number of hydrogen-bond acceptors (Lipinski definition) is 8. The SMILES string of the molecule is CC(=NC1CC(c2nnc([C@@H]3CC[C@@H]4CN3C(=O)N4O)o2)C1)NC(=O)OC(C)(C)C. The number of hydroxylamine groups is 2. The van der Waals surface area contributed by atoms with Crippen LogP contribution in [0.1, 0.15) is 77.1 Å². The van der Waals surface area contributed by atoms with Crippen molar-refractivity contribution in [1.82, 2.24) is 25.5 Å². The predicted molar refractivity (Wildman–Crippen MR) is 104 cm³/mol. The fourth-order valence-electron chi connectivity index (χ4n) is 4.11. The third-order valence-corrected chi connectivity index (χ3v) is 5.61. The minimum Gasteiger partial charge on any atom is -0.444 e. The number of piperidine rings is 1. The Bertz CT molecular complexity index is 856. The zero-order chi connectivity index (χ0) is 21.6. The summed E-state index contributed by atoms with van der Waals surface area (Å²) >= 11 is 0. The van der Waals surface area contributed by atoms with Gasteiger partial charge in [-0.05, 0) is 53.4 Å². The Morgan fingerprint density at radius 2 is 1.97 bits per heavy atom. The van der Waals surface area contributed by atoms with Gasteiger partial charge in [0.1, 0.15) is 17.5 Å². The molecule has 3 heterocycles. The van der Waals surface area contributed by atoms with Gasteiger partial charge in [-0.25, -0.2) is 14.7 Å². The zero-order valence-corrected chi connectivity index (χ0v) is 17.7. The first kappa shape index (κ1) is 20.6. The van der Waals surface area contributed by atoms with E-state index in [4.69, 9.17) is 9.15 Å². The lowest BCUT2D eigenvalue weighted by Crippen LogP contribution is -2.36. The maximum atomic E-state index is 12.1. The molecule has 3 amide bonds. The number of amidine groups is 1. The number of aromatic nitrogens is 2. The maximum absolute atomic E-state index is 12.1. The molecule has 11 heteroatoms. The normalized spacial score (nSPS) is 29.1. The fraction of sp³-hybridized carbons (Fsp3) is 0.737. The number of ether oxygens (including phenoxy) is 1. The molecule has 1 aromatic rings. The molecule has 0 aromatic carbocycles. The smallest absolute Gasteiger partial charge is 0.413 e. The Kier molecular flexibility index (Phi) is 5.16. The highest BCUT2D eigenvalue weighted by Crippen LogP contribution is 2.41. The summed E-state index contributed by atoms with van der Waals surface area (Å²) in [5.74, 6) is 1.58. The molecule has 2 N–H and O–H groups in total. The van der Waals surface area contributed by atoms with E-state index in [0.29, 0.717) is 37.0 Å². The van der Waals surface area contributed by atoms with Crippen LogP contribution in [0.25, 0.3) is 0 Å². The van der Waals surface area contributed by atoms with Crippen molar-refractivity contribution in [2.24, 2.45) is 4.99 Å². The second kappa shape index (κ2) is 7.53. The summed E-state index contributed by atoms with van der Waals surface area (Å²) in [5.41, 5.74) is -0.560. The van der Waals surface area contributed by atoms with Crippen molar-refractivity contribution in [3.05, 3.63) is 11.8 Å². The number of carbonyl (C=O) groups is 2. The number of hydrogen-bond donors (Lipinski definition) is 2. The average molecular weight is 420 g/mol. The van der Waals surface area contributed by atoms with Gasteiger partial charge in [0.15, 0.2) is 0 Å². The predicted octanol–water partition coefficient (Wildman–Crippen LogP) is 2.59. The van der Waals surface area contributed by atoms with Crippen molar-refractivity contribution in [2.45, 2.75) is 83.0 Å². The molecule has 3 fully saturated rings. The van der Waals surface area contributed by atoms with Crippen LogP contribution in [0.5, 0.6) is 0 Å². The van der Waals surface area contributed by atoms with Crippen LogP contribution in [0.2, 0.25) is 0 Å². The first-order valence-corrected chi connectivity index (χ1v) is 10.3. The van der Waals surface area contributed by atoms with E-state index in [-0.39, 0.29) is 24.0 Å². The van der Waals surface area contributed by atoms with Crippen LogP contribution in [0, 0.1) is 0 Å². The Hall–Kier alpha value is -2.69. The molecule has 2 saturated heterocycles. The van der Waals surface area contributed by atoms with Crippen LogP contribution < -0.4 is 5.32 Å². The van der Waals surface area contributed by atoms with Crippen molar-refractivity contribution in [3.8, 4) is 0 Å². The van der Waals surface area contributed by atoms with Gasteiger partial charge < -0.3 is 14.1 Å². The topological polar surface area (TPSA) is 133 Å². The lowest BCUT2D eigenvalue weighted by Gasteiger charge is -2.30. The van der Waals surface area contributed by atoms with Gasteiger partial charge in [-0.1, -0.05) is 0 Å². The number of urea groups is 1. The zero-order valence-electron chi connectivity index (χ0n) is 17.7. The van der Waals surface area contributed by atoms with Crippen LogP contribution >= 0.6 is 0 Å². The fourth-order valence-corrected chi connectivity index (χ4v) is 4.11. The highest BCUT2D eigenvalue weighted by molar-refractivity contribution is 5.94. The van der Waals surface area contributed by atoms with Gasteiger partial charge in [0.25, 0.3) is 0 Å². The van der Waals surface area contributed by atoms with Crippen LogP contribution in [-0.4, -0.2) is 67.6 Å². The van der Waals surface area contributed by atoms with Gasteiger partial charge in [0.2, 0.25) is 11.8 Å². The summed E-state index contributed by atoms with van der Waals surface area (Å²) in [5, 5.41) is 21.6. The Balaban J connectivity index is 1.30. The molecule has 11 nitrogen and oxygen atoms in total. The van der Waals surface area contributed by atoms with Crippen molar-refractivity contribution in [1.29, 1.82) is 0 Å². The summed E-state index contributed by atoms with van der Waals surface area (Å²) in [7, 11) is 0. The number of aliphatic imine (C=N–C) groups is 1. The Morgan fingerprint density at radius 3 is 2.67 bits per heavy atom. The molecule has 2 aliphatic heterocycles. The largest absolute Gasteiger partial charge is 0.444 e. The molecule has 0 spiro atoms. The van der Waals surface area contributed by atoms with Crippen LogP contribution in [0.4, 0.5) is 9.59 Å². The van der Waals surface area contributed by atoms with E-state index in [2.05, 4.69) is 20.5 Å². The van der Waals surface area contributed by atoms with Gasteiger partial charge in [-0.3, -0.25) is 15.5 Å². The van der Waals surface area contributed by atoms with Gasteiger partial charge >= 0.3 is 12.1 Å². The first-order chi connectivity index (χ1) is 14.1. The molecule has 1 aliphatic carbocycles. The van der Waals surface area contributed by atoms with E-state index in [1.165, 1.54) is 0 Å². The highest BCUT2D eigenvalue weighted by Gasteiger charge is 2.47. The number of alkyl carbamates (subject to hydrolysis) is 1. The van der Waals surface area contributed by atoms with E-state index in [1.807, 2.05) is 0 Å². The van der Waals surface area contributed by atoms with E-state index in [9.17, 15) is 14.8 Å². The second-order valence-electron chi connectivity index (χ2n) is 9.17. The Labute approximate surface area is 174 Å². The molecule has 2 atom stereocenters. The summed E-state index contributed by atoms with van der Waals surface area (Å²) in [4.78, 5) is 30.0. The van der Waals surface area contributed by atoms with Crippen LogP contribution in [-0.2, 0) is 4.74 Å². The molecule has 0 radical (unpaired) electrons. The molecule has 3 aliphatic rings. The molecule has 0 unspecified atom stereocenters. The monoisotopic (exact) mass is 420 g/mol. The van der Waals surface area contributed by atoms with Gasteiger partial charge in [0.05, 0.1) is 12.1 Å². The summed E-state index contributed by atoms with van der Waals surface area (Å²) in [6.07, 6.45) is 2.35. The minimum atomic E-state index is -0.560. The minimum absolute atomic E-state index is 0.0684. The van der Waals surface area contributed by atoms with E-state index < -0.39 is 17.7 Å². The van der Waals surface area contributed by atoms with Crippen LogP contribution in [0.3, 0.4) is 0 Å². The van der Waals surface area contributed by atoms with Crippen molar-refractivity contribution >= 4 is 18.0 Å². The molecule has 164 valence electrons. The van der Waals surface area contributed by atoms with Crippen molar-refractivity contribution in [3.63, 3.8) is 0 Å². The lowest BCUT2D eigenvalue weighted by molar-refractivity contribution is -0.0584. The highest BCUT2D eigenvalue weighted by atomic mass is 16.6. The van der Waals surface area contributed by atoms with E-state index in [1.54, 1.807) is 32.6 Å². The number of carbonyl (C=O) groups excluding carboxylic acids is 2. The first-order valence-electron chi connectivity index (χ1n) is 10.3. The van der Waals surface area contributed by atoms with Gasteiger partial charge in [0, 0.05) is 12.5 Å². The summed E-state index contributed by atoms with van der Waals surface area (Å²) < 4.78 is 11.1. The van der Waals surface area contributed by atoms with Crippen LogP contribution in [0.15, 0.2) is 9.41 Å². The van der Waals surface area contributed by atoms with Crippen molar-refractivity contribution < 1.29 is 24.0 Å². The molecule has 1 saturated carbocycles. The van der Waals surface area contributed by atoms with Gasteiger partial charge in [-0.2, -0.15) is 0 Å². The summed E-state index contributed by atoms with van der Waals surface area (Å²) in [6, 6.07) is -0.785. The molecule has 1 aromatic heterocycles. The average Bonchev–Trinajstić information content (AvgIpc) is 3.17. The van der Waals surface area contributed by atoms with E-state index in [0.717, 1.165) is 17.9 Å². The summed E-state index contributed by atoms with van der Waals surface area (Å²) in [6.45, 7) is 7.62. The number of rotatable bonds is 3. The number of amides is 3. The van der Waals surface area contributed by atoms with Crippen molar-refractivity contribution in [2.75, 3.05) is 6.54 Å². The molecular weight excluding hydrogens is 392 g/mol. The Morgan fingerprint density at radius 1 is 1.27 bits per heavy atom. The molecule has 2 bridgehead atoms. The number of nitrogens with zero attached hydrogens (tertiary/aromatic N) is 5.